The van der Waals surface area contributed by atoms with Gasteiger partial charge in [-0.25, -0.2) is 0 Å². The molecule has 6 nitrogen and oxygen atoms in total. The van der Waals surface area contributed by atoms with E-state index in [1.165, 1.54) is 6.07 Å². The number of benzene rings is 2. The molecule has 136 valence electrons. The summed E-state index contributed by atoms with van der Waals surface area (Å²) in [4.78, 5) is 12.5. The summed E-state index contributed by atoms with van der Waals surface area (Å²) < 4.78 is 13.8. The van der Waals surface area contributed by atoms with Gasteiger partial charge in [0.25, 0.3) is 5.91 Å². The maximum atomic E-state index is 12.5. The van der Waals surface area contributed by atoms with E-state index < -0.39 is 6.69 Å². The van der Waals surface area contributed by atoms with E-state index >= 15 is 0 Å². The summed E-state index contributed by atoms with van der Waals surface area (Å²) in [5.41, 5.74) is 1.27. The van der Waals surface area contributed by atoms with Gasteiger partial charge in [0, 0.05) is 4.47 Å². The Labute approximate surface area is 160 Å². The number of amides is 1. The number of nitrogens with zero attached hydrogens (tertiary/aromatic N) is 1. The minimum Gasteiger partial charge on any atom is -0.507 e. The summed E-state index contributed by atoms with van der Waals surface area (Å²) in [5.74, 6) is -0.320. The number of carbonyl (C=O) groups excluding carboxylic acids is 1. The summed E-state index contributed by atoms with van der Waals surface area (Å²) >= 11 is 3.46. The number of halogens is 1. The van der Waals surface area contributed by atoms with E-state index in [0.29, 0.717) is 24.3 Å². The molecular formula is C18H20BBrN2O4. The van der Waals surface area contributed by atoms with Crippen LogP contribution in [0.1, 0.15) is 10.4 Å². The Hall–Kier alpha value is -1.87. The average Bonchev–Trinajstić information content (AvgIpc) is 3.17. The van der Waals surface area contributed by atoms with Crippen LogP contribution in [0, 0.1) is 0 Å². The van der Waals surface area contributed by atoms with E-state index in [9.17, 15) is 9.90 Å². The van der Waals surface area contributed by atoms with Crippen LogP contribution < -0.4 is 10.8 Å². The molecule has 26 heavy (non-hydrogen) atoms. The van der Waals surface area contributed by atoms with Gasteiger partial charge in [-0.1, -0.05) is 57.8 Å². The molecule has 0 aromatic heterocycles. The molecule has 2 heterocycles. The second kappa shape index (κ2) is 6.70. The molecular weight excluding hydrogens is 399 g/mol. The van der Waals surface area contributed by atoms with Gasteiger partial charge in [-0.15, -0.1) is 0 Å². The number of hydrogen-bond acceptors (Lipinski definition) is 4. The van der Waals surface area contributed by atoms with Crippen molar-refractivity contribution in [1.29, 1.82) is 0 Å². The molecule has 2 aromatic rings. The first-order chi connectivity index (χ1) is 12.6. The quantitative estimate of drug-likeness (QED) is 0.739. The largest absolute Gasteiger partial charge is 0.507 e. The lowest BCUT2D eigenvalue weighted by atomic mass is 9.61. The average molecular weight is 419 g/mol. The zero-order valence-electron chi connectivity index (χ0n) is 14.2. The summed E-state index contributed by atoms with van der Waals surface area (Å²) in [6.45, 7) is 1.41. The van der Waals surface area contributed by atoms with E-state index in [-0.39, 0.29) is 17.2 Å². The first-order valence-corrected chi connectivity index (χ1v) is 9.46. The van der Waals surface area contributed by atoms with Gasteiger partial charge in [0.05, 0.1) is 31.9 Å². The Morgan fingerprint density at radius 2 is 1.77 bits per heavy atom. The molecule has 2 N–H and O–H groups in total. The van der Waals surface area contributed by atoms with Crippen molar-refractivity contribution in [3.05, 3.63) is 58.6 Å². The van der Waals surface area contributed by atoms with Crippen LogP contribution in [0.3, 0.4) is 0 Å². The Balaban J connectivity index is 1.59. The van der Waals surface area contributed by atoms with Gasteiger partial charge in [-0.05, 0) is 12.1 Å². The van der Waals surface area contributed by atoms with Crippen molar-refractivity contribution < 1.29 is 23.6 Å². The van der Waals surface area contributed by atoms with Gasteiger partial charge in [-0.2, -0.15) is 0 Å². The lowest BCUT2D eigenvalue weighted by Crippen LogP contribution is -2.71. The molecule has 1 amide bonds. The van der Waals surface area contributed by atoms with Crippen LogP contribution in [0.25, 0.3) is 0 Å². The van der Waals surface area contributed by atoms with Crippen LogP contribution in [0.4, 0.5) is 0 Å². The van der Waals surface area contributed by atoms with E-state index in [1.807, 2.05) is 24.3 Å². The molecule has 4 rings (SSSR count). The van der Waals surface area contributed by atoms with Gasteiger partial charge in [0.2, 0.25) is 0 Å². The van der Waals surface area contributed by atoms with E-state index in [2.05, 4.69) is 21.2 Å². The number of quaternary nitrogens is 1. The highest BCUT2D eigenvalue weighted by Crippen LogP contribution is 2.33. The van der Waals surface area contributed by atoms with Gasteiger partial charge in [0.1, 0.15) is 12.4 Å². The van der Waals surface area contributed by atoms with Gasteiger partial charge in [0.15, 0.2) is 0 Å². The fourth-order valence-electron chi connectivity index (χ4n) is 4.09. The molecule has 2 aliphatic rings. The lowest BCUT2D eigenvalue weighted by Gasteiger charge is -2.47. The predicted octanol–water partition coefficient (Wildman–Crippen LogP) is 1.57. The molecule has 0 unspecified atom stereocenters. The summed E-state index contributed by atoms with van der Waals surface area (Å²) in [6, 6.07) is 14.5. The molecule has 2 saturated heterocycles. The summed E-state index contributed by atoms with van der Waals surface area (Å²) in [7, 11) is 0. The number of hydrogen-bond donors (Lipinski definition) is 2. The number of phenols is 1. The van der Waals surface area contributed by atoms with Crippen molar-refractivity contribution in [2.45, 2.75) is 0 Å². The number of aromatic hydroxyl groups is 1. The van der Waals surface area contributed by atoms with E-state index in [0.717, 1.165) is 23.0 Å². The maximum absolute atomic E-state index is 12.5. The van der Waals surface area contributed by atoms with Gasteiger partial charge in [-0.3, -0.25) is 4.79 Å². The second-order valence-corrected chi connectivity index (χ2v) is 7.73. The topological polar surface area (TPSA) is 67.8 Å². The van der Waals surface area contributed by atoms with Crippen LogP contribution >= 0.6 is 15.9 Å². The van der Waals surface area contributed by atoms with Crippen molar-refractivity contribution in [2.75, 3.05) is 33.0 Å². The monoisotopic (exact) mass is 418 g/mol. The van der Waals surface area contributed by atoms with Crippen LogP contribution in [0.15, 0.2) is 53.0 Å². The first-order valence-electron chi connectivity index (χ1n) is 8.66. The van der Waals surface area contributed by atoms with Crippen LogP contribution in [0.5, 0.6) is 5.75 Å². The normalized spacial score (nSPS) is 27.3. The molecule has 2 aromatic carbocycles. The Kier molecular flexibility index (Phi) is 4.52. The van der Waals surface area contributed by atoms with Crippen molar-refractivity contribution in [2.24, 2.45) is 0 Å². The zero-order valence-corrected chi connectivity index (χ0v) is 15.8. The van der Waals surface area contributed by atoms with Crippen molar-refractivity contribution >= 4 is 34.0 Å². The molecule has 0 bridgehead atoms. The second-order valence-electron chi connectivity index (χ2n) is 6.81. The zero-order chi connectivity index (χ0) is 18.2. The molecule has 0 saturated carbocycles. The molecule has 0 spiro atoms. The van der Waals surface area contributed by atoms with Gasteiger partial charge >= 0.3 is 6.69 Å². The highest BCUT2D eigenvalue weighted by Gasteiger charge is 2.59. The third-order valence-corrected chi connectivity index (χ3v) is 6.00. The number of para-hydroxylation sites is 1. The Bertz CT molecular complexity index is 820. The van der Waals surface area contributed by atoms with E-state index in [4.69, 9.17) is 9.31 Å². The molecule has 0 aliphatic carbocycles. The van der Waals surface area contributed by atoms with Crippen LogP contribution in [0.2, 0.25) is 0 Å². The summed E-state index contributed by atoms with van der Waals surface area (Å²) in [5, 5.41) is 12.9. The Morgan fingerprint density at radius 3 is 2.42 bits per heavy atom. The third-order valence-electron chi connectivity index (χ3n) is 5.48. The highest BCUT2D eigenvalue weighted by molar-refractivity contribution is 9.10. The van der Waals surface area contributed by atoms with Gasteiger partial charge < -0.3 is 24.1 Å². The maximum Gasteiger partial charge on any atom is 0.504 e. The molecule has 2 aliphatic heterocycles. The van der Waals surface area contributed by atoms with E-state index in [1.54, 1.807) is 18.2 Å². The third kappa shape index (κ3) is 2.73. The smallest absolute Gasteiger partial charge is 0.504 e. The number of nitrogens with one attached hydrogen (secondary N) is 1. The minimum atomic E-state index is -1.70. The predicted molar refractivity (Wildman–Crippen MR) is 102 cm³/mol. The number of fused-ring (bicyclic) bond motifs is 1. The lowest BCUT2D eigenvalue weighted by molar-refractivity contribution is -0.822. The molecule has 2 fully saturated rings. The molecule has 0 radical (unpaired) electrons. The fraction of sp³-hybridized carbons (Fsp3) is 0.278. The summed E-state index contributed by atoms with van der Waals surface area (Å²) in [6.07, 6.45) is 0. The fourth-order valence-corrected chi connectivity index (χ4v) is 4.35. The SMILES string of the molecule is O=C(NC[N+]12CCO[B-]1(c1ccc(Br)cc1)OCC2)c1ccccc1O. The first kappa shape index (κ1) is 17.5. The van der Waals surface area contributed by atoms with Crippen molar-refractivity contribution in [3.63, 3.8) is 0 Å². The molecule has 0 atom stereocenters. The highest BCUT2D eigenvalue weighted by atomic mass is 79.9. The number of carbonyl (C=O) groups is 1. The Morgan fingerprint density at radius 1 is 1.12 bits per heavy atom. The standard InChI is InChI=1S/C18H20BBrN2O4/c20-15-7-5-14(6-8-15)19-22(9-11-25-19,10-12-26-19)13-21-18(24)16-3-1-2-4-17(16)23/h1-8,23H,9-13H2,(H,21,24). The molecule has 8 heteroatoms. The van der Waals surface area contributed by atoms with Crippen molar-refractivity contribution in [3.8, 4) is 5.75 Å². The number of phenolic OH excluding ortho intramolecular Hbond substituents is 1. The van der Waals surface area contributed by atoms with Crippen LogP contribution in [-0.4, -0.2) is 55.1 Å². The van der Waals surface area contributed by atoms with Crippen LogP contribution in [-0.2, 0) is 9.31 Å². The number of rotatable bonds is 4. The van der Waals surface area contributed by atoms with Crippen molar-refractivity contribution in [1.82, 2.24) is 5.32 Å². The minimum absolute atomic E-state index is 0.0231.